The first-order valence-electron chi connectivity index (χ1n) is 8.04. The van der Waals surface area contributed by atoms with Crippen LogP contribution in [0.5, 0.6) is 11.5 Å². The molecule has 0 atom stereocenters. The van der Waals surface area contributed by atoms with Gasteiger partial charge in [-0.2, -0.15) is 0 Å². The van der Waals surface area contributed by atoms with Crippen LogP contribution in [0, 0.1) is 5.82 Å². The minimum atomic E-state index is -0.406. The van der Waals surface area contributed by atoms with Crippen LogP contribution in [0.4, 0.5) is 10.1 Å². The van der Waals surface area contributed by atoms with E-state index in [-0.39, 0.29) is 18.2 Å². The molecular formula is C19H23FN2O3. The van der Waals surface area contributed by atoms with Gasteiger partial charge in [-0.1, -0.05) is 19.1 Å². The van der Waals surface area contributed by atoms with Crippen LogP contribution >= 0.6 is 0 Å². The minimum Gasteiger partial charge on any atom is -0.497 e. The van der Waals surface area contributed by atoms with E-state index in [9.17, 15) is 9.18 Å². The number of likely N-dealkylation sites (N-methyl/N-ethyl adjacent to an activating group) is 1. The zero-order valence-corrected chi connectivity index (χ0v) is 14.7. The average Bonchev–Trinajstić information content (AvgIpc) is 2.61. The van der Waals surface area contributed by atoms with Crippen molar-refractivity contribution in [1.29, 1.82) is 0 Å². The van der Waals surface area contributed by atoms with E-state index >= 15 is 0 Å². The van der Waals surface area contributed by atoms with Gasteiger partial charge in [0.15, 0.2) is 11.6 Å². The lowest BCUT2D eigenvalue weighted by atomic mass is 10.2. The first-order chi connectivity index (χ1) is 12.0. The van der Waals surface area contributed by atoms with Crippen molar-refractivity contribution in [1.82, 2.24) is 4.90 Å². The Morgan fingerprint density at radius 1 is 1.16 bits per heavy atom. The largest absolute Gasteiger partial charge is 0.497 e. The zero-order chi connectivity index (χ0) is 18.2. The number of benzene rings is 2. The Morgan fingerprint density at radius 2 is 1.96 bits per heavy atom. The Kier molecular flexibility index (Phi) is 6.77. The molecule has 0 radical (unpaired) electrons. The first kappa shape index (κ1) is 18.7. The molecule has 1 amide bonds. The van der Waals surface area contributed by atoms with Crippen molar-refractivity contribution < 1.29 is 18.7 Å². The fourth-order valence-corrected chi connectivity index (χ4v) is 2.45. The summed E-state index contributed by atoms with van der Waals surface area (Å²) < 4.78 is 23.9. The molecule has 0 aliphatic rings. The van der Waals surface area contributed by atoms with E-state index in [2.05, 4.69) is 5.32 Å². The quantitative estimate of drug-likeness (QED) is 0.797. The summed E-state index contributed by atoms with van der Waals surface area (Å²) in [5.41, 5.74) is 1.46. The first-order valence-corrected chi connectivity index (χ1v) is 8.04. The molecule has 0 heterocycles. The molecule has 0 aliphatic heterocycles. The highest BCUT2D eigenvalue weighted by atomic mass is 19.1. The van der Waals surface area contributed by atoms with Gasteiger partial charge in [0.1, 0.15) is 5.75 Å². The van der Waals surface area contributed by atoms with Gasteiger partial charge >= 0.3 is 0 Å². The van der Waals surface area contributed by atoms with Gasteiger partial charge in [-0.3, -0.25) is 9.69 Å². The van der Waals surface area contributed by atoms with Crippen LogP contribution in [0.15, 0.2) is 42.5 Å². The van der Waals surface area contributed by atoms with Crippen LogP contribution in [0.25, 0.3) is 0 Å². The smallest absolute Gasteiger partial charge is 0.238 e. The predicted molar refractivity (Wildman–Crippen MR) is 95.5 cm³/mol. The van der Waals surface area contributed by atoms with Crippen molar-refractivity contribution in [2.75, 3.05) is 32.6 Å². The molecule has 0 spiro atoms. The number of anilines is 1. The maximum atomic E-state index is 13.8. The molecule has 0 aromatic heterocycles. The van der Waals surface area contributed by atoms with Crippen LogP contribution < -0.4 is 14.8 Å². The van der Waals surface area contributed by atoms with Crippen molar-refractivity contribution in [2.45, 2.75) is 13.5 Å². The molecule has 0 aliphatic carbocycles. The van der Waals surface area contributed by atoms with Gasteiger partial charge in [0, 0.05) is 18.3 Å². The number of carbonyl (C=O) groups is 1. The SMILES string of the molecule is CCN(CC(=O)Nc1cccc(OC)c1)Cc1ccc(OC)c(F)c1. The Labute approximate surface area is 147 Å². The van der Waals surface area contributed by atoms with Crippen molar-refractivity contribution in [3.63, 3.8) is 0 Å². The number of halogens is 1. The third kappa shape index (κ3) is 5.46. The summed E-state index contributed by atoms with van der Waals surface area (Å²) in [6.45, 7) is 3.31. The molecule has 0 saturated carbocycles. The summed E-state index contributed by atoms with van der Waals surface area (Å²) in [6, 6.07) is 12.0. The molecule has 2 aromatic rings. The van der Waals surface area contributed by atoms with Crippen molar-refractivity contribution >= 4 is 11.6 Å². The molecule has 2 aromatic carbocycles. The summed E-state index contributed by atoms with van der Waals surface area (Å²) in [6.07, 6.45) is 0. The number of rotatable bonds is 8. The average molecular weight is 346 g/mol. The van der Waals surface area contributed by atoms with Crippen molar-refractivity contribution in [3.05, 3.63) is 53.8 Å². The van der Waals surface area contributed by atoms with Crippen LogP contribution in [0.1, 0.15) is 12.5 Å². The van der Waals surface area contributed by atoms with Crippen LogP contribution in [0.3, 0.4) is 0 Å². The highest BCUT2D eigenvalue weighted by Gasteiger charge is 2.12. The topological polar surface area (TPSA) is 50.8 Å². The van der Waals surface area contributed by atoms with Gasteiger partial charge in [-0.15, -0.1) is 0 Å². The Hall–Kier alpha value is -2.60. The fourth-order valence-electron chi connectivity index (χ4n) is 2.45. The number of ether oxygens (including phenoxy) is 2. The summed E-state index contributed by atoms with van der Waals surface area (Å²) in [7, 11) is 3.01. The number of carbonyl (C=O) groups excluding carboxylic acids is 1. The number of nitrogens with zero attached hydrogens (tertiary/aromatic N) is 1. The summed E-state index contributed by atoms with van der Waals surface area (Å²) >= 11 is 0. The lowest BCUT2D eigenvalue weighted by molar-refractivity contribution is -0.117. The van der Waals surface area contributed by atoms with E-state index in [0.717, 1.165) is 5.56 Å². The predicted octanol–water partition coefficient (Wildman–Crippen LogP) is 3.30. The lowest BCUT2D eigenvalue weighted by Crippen LogP contribution is -2.32. The van der Waals surface area contributed by atoms with Gasteiger partial charge in [-0.25, -0.2) is 4.39 Å². The Morgan fingerprint density at radius 3 is 2.60 bits per heavy atom. The second-order valence-corrected chi connectivity index (χ2v) is 5.55. The second kappa shape index (κ2) is 9.03. The van der Waals surface area contributed by atoms with Crippen LogP contribution in [0.2, 0.25) is 0 Å². The molecule has 5 nitrogen and oxygen atoms in total. The molecular weight excluding hydrogens is 323 g/mol. The fraction of sp³-hybridized carbons (Fsp3) is 0.316. The molecule has 134 valence electrons. The Bertz CT molecular complexity index is 722. The summed E-state index contributed by atoms with van der Waals surface area (Å²) in [5, 5.41) is 2.84. The monoisotopic (exact) mass is 346 g/mol. The molecule has 0 saturated heterocycles. The lowest BCUT2D eigenvalue weighted by Gasteiger charge is -2.20. The van der Waals surface area contributed by atoms with Gasteiger partial charge < -0.3 is 14.8 Å². The van der Waals surface area contributed by atoms with E-state index < -0.39 is 5.82 Å². The highest BCUT2D eigenvalue weighted by Crippen LogP contribution is 2.19. The second-order valence-electron chi connectivity index (χ2n) is 5.55. The van der Waals surface area contributed by atoms with Crippen molar-refractivity contribution in [3.8, 4) is 11.5 Å². The number of amides is 1. The minimum absolute atomic E-state index is 0.135. The molecule has 1 N–H and O–H groups in total. The van der Waals surface area contributed by atoms with E-state index in [1.807, 2.05) is 24.0 Å². The van der Waals surface area contributed by atoms with Crippen LogP contribution in [-0.4, -0.2) is 38.1 Å². The van der Waals surface area contributed by atoms with Gasteiger partial charge in [0.2, 0.25) is 5.91 Å². The van der Waals surface area contributed by atoms with Gasteiger partial charge in [-0.05, 0) is 36.4 Å². The van der Waals surface area contributed by atoms with E-state index in [1.54, 1.807) is 31.4 Å². The maximum Gasteiger partial charge on any atom is 0.238 e. The van der Waals surface area contributed by atoms with E-state index in [4.69, 9.17) is 9.47 Å². The van der Waals surface area contributed by atoms with Gasteiger partial charge in [0.05, 0.1) is 20.8 Å². The van der Waals surface area contributed by atoms with E-state index in [0.29, 0.717) is 24.5 Å². The molecule has 0 bridgehead atoms. The zero-order valence-electron chi connectivity index (χ0n) is 14.7. The summed E-state index contributed by atoms with van der Waals surface area (Å²) in [5.74, 6) is 0.349. The maximum absolute atomic E-state index is 13.8. The molecule has 0 fully saturated rings. The third-order valence-electron chi connectivity index (χ3n) is 3.79. The summed E-state index contributed by atoms with van der Waals surface area (Å²) in [4.78, 5) is 14.2. The Balaban J connectivity index is 1.96. The number of methoxy groups -OCH3 is 2. The number of hydrogen-bond acceptors (Lipinski definition) is 4. The van der Waals surface area contributed by atoms with Crippen LogP contribution in [-0.2, 0) is 11.3 Å². The molecule has 6 heteroatoms. The third-order valence-corrected chi connectivity index (χ3v) is 3.79. The normalized spacial score (nSPS) is 10.6. The molecule has 2 rings (SSSR count). The number of nitrogens with one attached hydrogen (secondary N) is 1. The number of hydrogen-bond donors (Lipinski definition) is 1. The molecule has 25 heavy (non-hydrogen) atoms. The van der Waals surface area contributed by atoms with E-state index in [1.165, 1.54) is 13.2 Å². The van der Waals surface area contributed by atoms with Gasteiger partial charge in [0.25, 0.3) is 0 Å². The highest BCUT2D eigenvalue weighted by molar-refractivity contribution is 5.92. The standard InChI is InChI=1S/C19H23FN2O3/c1-4-22(12-14-8-9-18(25-3)17(20)10-14)13-19(23)21-15-6-5-7-16(11-15)24-2/h5-11H,4,12-13H2,1-3H3,(H,21,23). The molecule has 0 unspecified atom stereocenters. The van der Waals surface area contributed by atoms with Crippen molar-refractivity contribution in [2.24, 2.45) is 0 Å².